The number of carbonyl (C=O) groups excluding carboxylic acids is 1. The number of fused-ring (bicyclic) bond motifs is 6. The number of methoxy groups -OCH3 is 1. The van der Waals surface area contributed by atoms with Crippen LogP contribution in [0.15, 0.2) is 63.3 Å². The van der Waals surface area contributed by atoms with Crippen molar-refractivity contribution in [2.75, 3.05) is 13.7 Å². The van der Waals surface area contributed by atoms with E-state index in [1.165, 1.54) is 63.4 Å². The monoisotopic (exact) mass is 738 g/mol. The number of esters is 1. The molecule has 0 saturated heterocycles. The summed E-state index contributed by atoms with van der Waals surface area (Å²) in [5.74, 6) is 6.50. The van der Waals surface area contributed by atoms with Gasteiger partial charge in [-0.05, 0) is 129 Å². The first-order valence-electron chi connectivity index (χ1n) is 20.8. The second kappa shape index (κ2) is 15.8. The quantitative estimate of drug-likeness (QED) is 0.135. The molecular formula is C47H62O7. The van der Waals surface area contributed by atoms with Gasteiger partial charge in [0.1, 0.15) is 34.7 Å². The molecule has 8 atom stereocenters. The van der Waals surface area contributed by atoms with Crippen molar-refractivity contribution in [1.82, 2.24) is 0 Å². The van der Waals surface area contributed by atoms with Crippen LogP contribution in [0, 0.1) is 53.3 Å². The molecule has 4 aliphatic rings. The molecule has 4 aliphatic carbocycles. The normalized spacial score (nSPS) is 29.7. The van der Waals surface area contributed by atoms with Crippen LogP contribution in [0.4, 0.5) is 0 Å². The van der Waals surface area contributed by atoms with Gasteiger partial charge < -0.3 is 23.4 Å². The summed E-state index contributed by atoms with van der Waals surface area (Å²) in [5, 5.41) is 0.360. The van der Waals surface area contributed by atoms with Gasteiger partial charge in [0.05, 0.1) is 12.5 Å². The number of aryl methyl sites for hydroxylation is 1. The summed E-state index contributed by atoms with van der Waals surface area (Å²) in [5.41, 5.74) is 2.27. The van der Waals surface area contributed by atoms with Crippen LogP contribution in [0.2, 0.25) is 0 Å². The third kappa shape index (κ3) is 7.84. The highest BCUT2D eigenvalue weighted by Crippen LogP contribution is 2.65. The van der Waals surface area contributed by atoms with E-state index in [1.54, 1.807) is 56.5 Å². The van der Waals surface area contributed by atoms with Crippen molar-refractivity contribution in [3.8, 4) is 23.0 Å². The van der Waals surface area contributed by atoms with Crippen LogP contribution in [0.25, 0.3) is 11.0 Å². The zero-order valence-electron chi connectivity index (χ0n) is 33.7. The Bertz CT molecular complexity index is 1910. The SMILES string of the molecule is COc1cccc(Oc2c(C)oc3cc(OCC(=O)O[C@H]4CC[C@]5(C)C(=CC[C@H]6[C@H]7CC[C@@H]([C@@H](C)CCCC(C)C)C[C@]7(C)CC[C@@H]65)C4)ccc3c2=O)c1. The van der Waals surface area contributed by atoms with Crippen molar-refractivity contribution < 1.29 is 28.2 Å². The summed E-state index contributed by atoms with van der Waals surface area (Å²) in [6.45, 7) is 13.9. The Hall–Kier alpha value is -3.74. The maximum atomic E-state index is 13.3. The van der Waals surface area contributed by atoms with E-state index >= 15 is 0 Å². The van der Waals surface area contributed by atoms with Crippen LogP contribution >= 0.6 is 0 Å². The summed E-state index contributed by atoms with van der Waals surface area (Å²) in [4.78, 5) is 26.4. The molecule has 292 valence electrons. The van der Waals surface area contributed by atoms with E-state index in [0.29, 0.717) is 39.4 Å². The number of hydrogen-bond acceptors (Lipinski definition) is 7. The van der Waals surface area contributed by atoms with Crippen molar-refractivity contribution in [1.29, 1.82) is 0 Å². The maximum absolute atomic E-state index is 13.3. The Morgan fingerprint density at radius 1 is 0.944 bits per heavy atom. The van der Waals surface area contributed by atoms with Crippen LogP contribution < -0.4 is 19.6 Å². The van der Waals surface area contributed by atoms with Crippen LogP contribution in [0.5, 0.6) is 23.0 Å². The number of carbonyl (C=O) groups is 1. The van der Waals surface area contributed by atoms with E-state index in [2.05, 4.69) is 40.7 Å². The van der Waals surface area contributed by atoms with Crippen LogP contribution in [0.3, 0.4) is 0 Å². The van der Waals surface area contributed by atoms with E-state index in [1.807, 2.05) is 0 Å². The average molecular weight is 739 g/mol. The van der Waals surface area contributed by atoms with Gasteiger partial charge in [0.15, 0.2) is 6.61 Å². The van der Waals surface area contributed by atoms with Gasteiger partial charge in [0.25, 0.3) is 0 Å². The highest BCUT2D eigenvalue weighted by atomic mass is 16.6. The first-order valence-corrected chi connectivity index (χ1v) is 20.8. The Balaban J connectivity index is 0.933. The summed E-state index contributed by atoms with van der Waals surface area (Å²) in [7, 11) is 1.58. The lowest BCUT2D eigenvalue weighted by molar-refractivity contribution is -0.154. The number of benzene rings is 2. The zero-order chi connectivity index (χ0) is 38.2. The third-order valence-corrected chi connectivity index (χ3v) is 14.3. The molecule has 0 N–H and O–H groups in total. The van der Waals surface area contributed by atoms with Crippen molar-refractivity contribution in [3.05, 3.63) is 70.1 Å². The average Bonchev–Trinajstić information content (AvgIpc) is 3.15. The van der Waals surface area contributed by atoms with E-state index in [4.69, 9.17) is 23.4 Å². The van der Waals surface area contributed by atoms with Crippen molar-refractivity contribution in [3.63, 3.8) is 0 Å². The number of allylic oxidation sites excluding steroid dienone is 1. The lowest BCUT2D eigenvalue weighted by Gasteiger charge is -2.61. The minimum absolute atomic E-state index is 0.113. The molecule has 3 fully saturated rings. The molecule has 0 unspecified atom stereocenters. The first-order chi connectivity index (χ1) is 25.9. The summed E-state index contributed by atoms with van der Waals surface area (Å²) in [6, 6.07) is 12.0. The van der Waals surface area contributed by atoms with E-state index in [9.17, 15) is 9.59 Å². The van der Waals surface area contributed by atoms with Crippen molar-refractivity contribution in [2.45, 2.75) is 125 Å². The Labute approximate surface area is 322 Å². The standard InChI is InChI=1S/C47H62O7/c1-29(2)10-8-11-30(3)32-14-19-40-38-17-15-33-24-37(20-23-47(33,6)41(38)21-22-46(40,5)27-32)53-43(48)28-51-35-16-18-39-42(26-35)52-31(4)45(44(39)49)54-36-13-9-12-34(25-36)50-7/h9,12-13,15-16,18,25-26,29-30,32,37-38,40-41H,8,10-11,14,17,19-24,27-28H2,1-7H3/t30-,32+,37-,38-,40+,41-,46-,47+/m0/s1. The van der Waals surface area contributed by atoms with Gasteiger partial charge in [-0.2, -0.15) is 0 Å². The molecule has 1 aromatic heterocycles. The smallest absolute Gasteiger partial charge is 0.344 e. The fraction of sp³-hybridized carbons (Fsp3) is 0.617. The molecule has 7 nitrogen and oxygen atoms in total. The lowest BCUT2D eigenvalue weighted by atomic mass is 9.44. The van der Waals surface area contributed by atoms with Crippen molar-refractivity contribution >= 4 is 16.9 Å². The van der Waals surface area contributed by atoms with Gasteiger partial charge in [-0.3, -0.25) is 4.79 Å². The minimum Gasteiger partial charge on any atom is -0.497 e. The van der Waals surface area contributed by atoms with E-state index in [-0.39, 0.29) is 35.3 Å². The van der Waals surface area contributed by atoms with Crippen LogP contribution in [-0.2, 0) is 9.53 Å². The van der Waals surface area contributed by atoms with Crippen LogP contribution in [0.1, 0.15) is 117 Å². The summed E-state index contributed by atoms with van der Waals surface area (Å²) < 4.78 is 29.0. The Morgan fingerprint density at radius 2 is 1.76 bits per heavy atom. The second-order valence-corrected chi connectivity index (χ2v) is 18.2. The number of rotatable bonds is 12. The molecule has 0 bridgehead atoms. The second-order valence-electron chi connectivity index (χ2n) is 18.2. The highest BCUT2D eigenvalue weighted by Gasteiger charge is 2.56. The molecular weight excluding hydrogens is 677 g/mol. The molecule has 3 saturated carbocycles. The Morgan fingerprint density at radius 3 is 2.56 bits per heavy atom. The molecule has 54 heavy (non-hydrogen) atoms. The van der Waals surface area contributed by atoms with Gasteiger partial charge in [-0.15, -0.1) is 0 Å². The zero-order valence-corrected chi connectivity index (χ0v) is 33.7. The Kier molecular flexibility index (Phi) is 11.3. The van der Waals surface area contributed by atoms with E-state index in [0.717, 1.165) is 54.8 Å². The predicted molar refractivity (Wildman–Crippen MR) is 213 cm³/mol. The highest BCUT2D eigenvalue weighted by molar-refractivity contribution is 5.80. The van der Waals surface area contributed by atoms with Crippen LogP contribution in [-0.4, -0.2) is 25.8 Å². The molecule has 7 heteroatoms. The molecule has 0 spiro atoms. The largest absolute Gasteiger partial charge is 0.497 e. The minimum atomic E-state index is -0.374. The molecule has 2 aromatic carbocycles. The third-order valence-electron chi connectivity index (χ3n) is 14.3. The summed E-state index contributed by atoms with van der Waals surface area (Å²) in [6.07, 6.45) is 17.5. The fourth-order valence-electron chi connectivity index (χ4n) is 11.2. The fourth-order valence-corrected chi connectivity index (χ4v) is 11.2. The summed E-state index contributed by atoms with van der Waals surface area (Å²) >= 11 is 0. The maximum Gasteiger partial charge on any atom is 0.344 e. The molecule has 0 radical (unpaired) electrons. The molecule has 3 aromatic rings. The topological polar surface area (TPSA) is 84.2 Å². The molecule has 0 aliphatic heterocycles. The van der Waals surface area contributed by atoms with Gasteiger partial charge in [-0.1, -0.05) is 71.6 Å². The number of ether oxygens (including phenoxy) is 4. The van der Waals surface area contributed by atoms with Crippen molar-refractivity contribution in [2.24, 2.45) is 46.3 Å². The van der Waals surface area contributed by atoms with Gasteiger partial charge in [0, 0.05) is 18.6 Å². The van der Waals surface area contributed by atoms with Gasteiger partial charge in [-0.25, -0.2) is 4.79 Å². The van der Waals surface area contributed by atoms with Gasteiger partial charge >= 0.3 is 5.97 Å². The van der Waals surface area contributed by atoms with E-state index < -0.39 is 0 Å². The van der Waals surface area contributed by atoms with Gasteiger partial charge in [0.2, 0.25) is 11.2 Å². The molecule has 1 heterocycles. The lowest BCUT2D eigenvalue weighted by Crippen LogP contribution is -2.52. The number of hydrogen-bond donors (Lipinski definition) is 0. The molecule has 0 amide bonds. The molecule has 7 rings (SSSR count). The predicted octanol–water partition coefficient (Wildman–Crippen LogP) is 11.6. The first kappa shape index (κ1) is 38.5.